The highest BCUT2D eigenvalue weighted by Crippen LogP contribution is 2.43. The van der Waals surface area contributed by atoms with Crippen molar-refractivity contribution in [2.75, 3.05) is 24.5 Å². The molecule has 0 radical (unpaired) electrons. The standard InChI is InChI=1S/C24H26N6O3S/c1-2-17-18(12-25)20(30-10-8-23(33,9-11-30)22(28)32)29-21(19(17)13-26)34-24(14-27,15-31)16-6-4-3-5-7-16/h3-7,15,33H,2,8-11,14,27H2,1H3,(H2,28,32). The molecule has 1 fully saturated rings. The Bertz CT molecular complexity index is 1170. The Morgan fingerprint density at radius 3 is 2.35 bits per heavy atom. The predicted molar refractivity (Wildman–Crippen MR) is 128 cm³/mol. The van der Waals surface area contributed by atoms with E-state index in [1.165, 1.54) is 0 Å². The van der Waals surface area contributed by atoms with Crippen molar-refractivity contribution in [2.24, 2.45) is 11.5 Å². The van der Waals surface area contributed by atoms with Gasteiger partial charge in [0.15, 0.2) is 0 Å². The molecule has 1 aromatic carbocycles. The molecule has 3 rings (SSSR count). The molecule has 1 atom stereocenters. The Hall–Kier alpha value is -3.44. The number of nitriles is 2. The van der Waals surface area contributed by atoms with Crippen LogP contribution in [-0.2, 0) is 20.8 Å². The van der Waals surface area contributed by atoms with Crippen LogP contribution < -0.4 is 16.4 Å². The summed E-state index contributed by atoms with van der Waals surface area (Å²) in [6.45, 7) is 2.30. The first kappa shape index (κ1) is 25.2. The number of amides is 1. The van der Waals surface area contributed by atoms with Crippen molar-refractivity contribution in [3.8, 4) is 12.1 Å². The van der Waals surface area contributed by atoms with Crippen LogP contribution in [0.15, 0.2) is 35.4 Å². The number of benzene rings is 1. The molecule has 2 heterocycles. The third-order valence-corrected chi connectivity index (χ3v) is 7.56. The van der Waals surface area contributed by atoms with Crippen molar-refractivity contribution in [1.29, 1.82) is 10.5 Å². The van der Waals surface area contributed by atoms with Gasteiger partial charge in [0, 0.05) is 32.5 Å². The molecule has 1 aromatic heterocycles. The van der Waals surface area contributed by atoms with E-state index in [9.17, 15) is 25.2 Å². The van der Waals surface area contributed by atoms with Gasteiger partial charge >= 0.3 is 0 Å². The molecule has 9 nitrogen and oxygen atoms in total. The maximum absolute atomic E-state index is 12.3. The van der Waals surface area contributed by atoms with E-state index >= 15 is 0 Å². The topological polar surface area (TPSA) is 170 Å². The largest absolute Gasteiger partial charge is 0.380 e. The second kappa shape index (κ2) is 10.2. The number of nitrogens with two attached hydrogens (primary N) is 2. The van der Waals surface area contributed by atoms with Gasteiger partial charge in [0.25, 0.3) is 0 Å². The SMILES string of the molecule is CCc1c(C#N)c(SC(C=O)(CN)c2ccccc2)nc(N2CCC(O)(C(N)=O)CC2)c1C#N. The quantitative estimate of drug-likeness (QED) is 0.374. The Labute approximate surface area is 202 Å². The van der Waals surface area contributed by atoms with E-state index in [2.05, 4.69) is 17.1 Å². The fourth-order valence-electron chi connectivity index (χ4n) is 4.07. The van der Waals surface area contributed by atoms with Gasteiger partial charge in [-0.3, -0.25) is 4.79 Å². The van der Waals surface area contributed by atoms with Gasteiger partial charge in [-0.1, -0.05) is 49.0 Å². The number of hydrogen-bond donors (Lipinski definition) is 3. The van der Waals surface area contributed by atoms with Crippen molar-refractivity contribution in [2.45, 2.75) is 41.6 Å². The summed E-state index contributed by atoms with van der Waals surface area (Å²) in [6.07, 6.45) is 1.33. The van der Waals surface area contributed by atoms with Crippen LogP contribution >= 0.6 is 11.8 Å². The minimum Gasteiger partial charge on any atom is -0.380 e. The number of rotatable bonds is 8. The minimum absolute atomic E-state index is 0.0239. The van der Waals surface area contributed by atoms with E-state index in [1.807, 2.05) is 13.0 Å². The first-order chi connectivity index (χ1) is 16.3. The van der Waals surface area contributed by atoms with Gasteiger partial charge in [0.2, 0.25) is 5.91 Å². The molecular weight excluding hydrogens is 452 g/mol. The molecule has 0 saturated carbocycles. The van der Waals surface area contributed by atoms with Crippen LogP contribution in [0.2, 0.25) is 0 Å². The summed E-state index contributed by atoms with van der Waals surface area (Å²) in [5.74, 6) is -0.440. The highest BCUT2D eigenvalue weighted by molar-refractivity contribution is 8.00. The molecule has 1 unspecified atom stereocenters. The fourth-order valence-corrected chi connectivity index (χ4v) is 5.21. The Kier molecular flexibility index (Phi) is 7.57. The maximum Gasteiger partial charge on any atom is 0.249 e. The van der Waals surface area contributed by atoms with Crippen LogP contribution in [0, 0.1) is 22.7 Å². The number of thioether (sulfide) groups is 1. The summed E-state index contributed by atoms with van der Waals surface area (Å²) in [5.41, 5.74) is 11.5. The number of anilines is 1. The highest BCUT2D eigenvalue weighted by atomic mass is 32.2. The molecule has 1 amide bonds. The van der Waals surface area contributed by atoms with Crippen LogP contribution in [0.1, 0.15) is 42.0 Å². The lowest BCUT2D eigenvalue weighted by Gasteiger charge is -2.37. The number of piperidine rings is 1. The fraction of sp³-hybridized carbons (Fsp3) is 0.375. The summed E-state index contributed by atoms with van der Waals surface area (Å²) in [4.78, 5) is 30.4. The second-order valence-electron chi connectivity index (χ2n) is 8.11. The van der Waals surface area contributed by atoms with E-state index in [-0.39, 0.29) is 43.6 Å². The maximum atomic E-state index is 12.3. The predicted octanol–water partition coefficient (Wildman–Crippen LogP) is 1.35. The third kappa shape index (κ3) is 4.48. The number of pyridine rings is 1. The summed E-state index contributed by atoms with van der Waals surface area (Å²) in [7, 11) is 0. The van der Waals surface area contributed by atoms with Crippen LogP contribution in [0.5, 0.6) is 0 Å². The molecule has 1 aliphatic rings. The molecule has 10 heteroatoms. The molecule has 0 aliphatic carbocycles. The molecule has 34 heavy (non-hydrogen) atoms. The molecule has 1 saturated heterocycles. The van der Waals surface area contributed by atoms with Crippen molar-refractivity contribution in [1.82, 2.24) is 4.98 Å². The van der Waals surface area contributed by atoms with Crippen molar-refractivity contribution in [3.05, 3.63) is 52.6 Å². The van der Waals surface area contributed by atoms with Crippen molar-refractivity contribution < 1.29 is 14.7 Å². The van der Waals surface area contributed by atoms with Gasteiger partial charge in [-0.05, 0) is 17.5 Å². The van der Waals surface area contributed by atoms with Gasteiger partial charge in [0.05, 0.1) is 11.1 Å². The van der Waals surface area contributed by atoms with E-state index in [4.69, 9.17) is 11.5 Å². The molecular formula is C24H26N6O3S. The smallest absolute Gasteiger partial charge is 0.249 e. The highest BCUT2D eigenvalue weighted by Gasteiger charge is 2.40. The van der Waals surface area contributed by atoms with Gasteiger partial charge < -0.3 is 26.3 Å². The van der Waals surface area contributed by atoms with E-state index in [0.29, 0.717) is 28.4 Å². The number of aldehydes is 1. The lowest BCUT2D eigenvalue weighted by atomic mass is 9.90. The number of aliphatic hydroxyl groups is 1. The first-order valence-corrected chi connectivity index (χ1v) is 11.7. The van der Waals surface area contributed by atoms with Crippen LogP contribution in [-0.4, -0.2) is 47.5 Å². The lowest BCUT2D eigenvalue weighted by molar-refractivity contribution is -0.138. The Balaban J connectivity index is 2.13. The molecule has 2 aromatic rings. The summed E-state index contributed by atoms with van der Waals surface area (Å²) >= 11 is 1.09. The van der Waals surface area contributed by atoms with Crippen LogP contribution in [0.4, 0.5) is 5.82 Å². The van der Waals surface area contributed by atoms with E-state index in [1.54, 1.807) is 29.2 Å². The number of carbonyl (C=O) groups is 2. The zero-order valence-electron chi connectivity index (χ0n) is 18.8. The number of hydrogen-bond acceptors (Lipinski definition) is 9. The van der Waals surface area contributed by atoms with E-state index in [0.717, 1.165) is 18.0 Å². The second-order valence-corrected chi connectivity index (χ2v) is 9.43. The van der Waals surface area contributed by atoms with Gasteiger partial charge in [0.1, 0.15) is 39.6 Å². The summed E-state index contributed by atoms with van der Waals surface area (Å²) in [6, 6.07) is 13.3. The van der Waals surface area contributed by atoms with Gasteiger partial charge in [-0.2, -0.15) is 10.5 Å². The number of aromatic nitrogens is 1. The Morgan fingerprint density at radius 2 is 1.88 bits per heavy atom. The zero-order valence-corrected chi connectivity index (χ0v) is 19.6. The number of primary amides is 1. The van der Waals surface area contributed by atoms with E-state index < -0.39 is 16.3 Å². The average molecular weight is 479 g/mol. The first-order valence-electron chi connectivity index (χ1n) is 10.8. The Morgan fingerprint density at radius 1 is 1.26 bits per heavy atom. The molecule has 0 bridgehead atoms. The molecule has 1 aliphatic heterocycles. The van der Waals surface area contributed by atoms with Crippen molar-refractivity contribution >= 4 is 29.8 Å². The van der Waals surface area contributed by atoms with Crippen molar-refractivity contribution in [3.63, 3.8) is 0 Å². The number of carbonyl (C=O) groups excluding carboxylic acids is 2. The normalized spacial score (nSPS) is 16.7. The van der Waals surface area contributed by atoms with Crippen LogP contribution in [0.25, 0.3) is 0 Å². The monoisotopic (exact) mass is 478 g/mol. The summed E-state index contributed by atoms with van der Waals surface area (Å²) < 4.78 is -1.18. The molecule has 5 N–H and O–H groups in total. The van der Waals surface area contributed by atoms with Gasteiger partial charge in [-0.25, -0.2) is 4.98 Å². The lowest BCUT2D eigenvalue weighted by Crippen LogP contribution is -2.52. The van der Waals surface area contributed by atoms with Crippen LogP contribution in [0.3, 0.4) is 0 Å². The number of nitrogens with zero attached hydrogens (tertiary/aromatic N) is 4. The average Bonchev–Trinajstić information content (AvgIpc) is 2.87. The van der Waals surface area contributed by atoms with Gasteiger partial charge in [-0.15, -0.1) is 0 Å². The third-order valence-electron chi connectivity index (χ3n) is 6.21. The summed E-state index contributed by atoms with van der Waals surface area (Å²) in [5, 5.41) is 30.6. The molecule has 0 spiro atoms. The molecule has 176 valence electrons. The minimum atomic E-state index is -1.61. The zero-order chi connectivity index (χ0) is 24.9.